The quantitative estimate of drug-likeness (QED) is 0.554. The van der Waals surface area contributed by atoms with E-state index in [1.807, 2.05) is 28.0 Å². The first-order valence-corrected chi connectivity index (χ1v) is 12.1. The van der Waals surface area contributed by atoms with Gasteiger partial charge < -0.3 is 19.1 Å². The van der Waals surface area contributed by atoms with Gasteiger partial charge in [0, 0.05) is 62.1 Å². The minimum atomic E-state index is -4.39. The molecule has 35 heavy (non-hydrogen) atoms. The number of likely N-dealkylation sites (tertiary alicyclic amines) is 1. The van der Waals surface area contributed by atoms with Gasteiger partial charge in [0.15, 0.2) is 0 Å². The van der Waals surface area contributed by atoms with Gasteiger partial charge in [0.05, 0.1) is 18.8 Å². The number of carbonyl (C=O) groups is 1. The van der Waals surface area contributed by atoms with Crippen LogP contribution in [0.2, 0.25) is 0 Å². The highest BCUT2D eigenvalue weighted by Gasteiger charge is 2.40. The molecule has 1 amide bonds. The second-order valence-corrected chi connectivity index (χ2v) is 10.0. The third kappa shape index (κ3) is 4.26. The number of pyridine rings is 1. The van der Waals surface area contributed by atoms with E-state index in [-0.39, 0.29) is 11.8 Å². The summed E-state index contributed by atoms with van der Waals surface area (Å²) in [6, 6.07) is 10.1. The molecule has 2 atom stereocenters. The molecule has 3 saturated heterocycles. The van der Waals surface area contributed by atoms with Gasteiger partial charge in [-0.05, 0) is 54.0 Å². The predicted octanol–water partition coefficient (Wildman–Crippen LogP) is 4.30. The van der Waals surface area contributed by atoms with Crippen molar-refractivity contribution in [1.82, 2.24) is 14.5 Å². The van der Waals surface area contributed by atoms with Crippen LogP contribution in [0.3, 0.4) is 0 Å². The van der Waals surface area contributed by atoms with Crippen LogP contribution in [0.15, 0.2) is 48.8 Å². The number of fused-ring (bicyclic) bond motifs is 2. The van der Waals surface area contributed by atoms with Crippen LogP contribution >= 0.6 is 0 Å². The number of benzene rings is 1. The smallest absolute Gasteiger partial charge is 0.381 e. The van der Waals surface area contributed by atoms with Crippen LogP contribution < -0.4 is 4.90 Å². The molecule has 3 aliphatic rings. The van der Waals surface area contributed by atoms with Gasteiger partial charge in [-0.1, -0.05) is 6.07 Å². The zero-order chi connectivity index (χ0) is 24.2. The molecule has 0 spiro atoms. The summed E-state index contributed by atoms with van der Waals surface area (Å²) >= 11 is 0. The molecule has 2 unspecified atom stereocenters. The molecule has 6 nitrogen and oxygen atoms in total. The Hall–Kier alpha value is -3.07. The average molecular weight is 485 g/mol. The van der Waals surface area contributed by atoms with Crippen LogP contribution in [-0.2, 0) is 17.5 Å². The number of carbonyl (C=O) groups excluding carboxylic acids is 1. The Labute approximate surface area is 201 Å². The number of halogens is 3. The van der Waals surface area contributed by atoms with Crippen molar-refractivity contribution < 1.29 is 22.7 Å². The van der Waals surface area contributed by atoms with E-state index in [1.165, 1.54) is 6.20 Å². The maximum atomic E-state index is 13.4. The Morgan fingerprint density at radius 1 is 1.06 bits per heavy atom. The summed E-state index contributed by atoms with van der Waals surface area (Å²) in [6.45, 7) is 4.98. The number of hydrogen-bond donors (Lipinski definition) is 0. The van der Waals surface area contributed by atoms with Crippen molar-refractivity contribution in [1.29, 1.82) is 0 Å². The fourth-order valence-electron chi connectivity index (χ4n) is 5.63. The number of amides is 1. The largest absolute Gasteiger partial charge is 0.416 e. The first kappa shape index (κ1) is 22.4. The van der Waals surface area contributed by atoms with Crippen LogP contribution in [0.4, 0.5) is 19.0 Å². The molecule has 9 heteroatoms. The van der Waals surface area contributed by atoms with E-state index in [1.54, 1.807) is 0 Å². The Balaban J connectivity index is 1.16. The van der Waals surface area contributed by atoms with E-state index in [0.717, 1.165) is 49.2 Å². The lowest BCUT2D eigenvalue weighted by molar-refractivity contribution is -0.137. The molecule has 0 radical (unpaired) electrons. The molecule has 2 aromatic heterocycles. The molecule has 3 aliphatic heterocycles. The van der Waals surface area contributed by atoms with Crippen molar-refractivity contribution in [2.45, 2.75) is 19.1 Å². The number of anilines is 1. The highest BCUT2D eigenvalue weighted by molar-refractivity contribution is 5.98. The highest BCUT2D eigenvalue weighted by Crippen LogP contribution is 2.36. The second kappa shape index (κ2) is 8.55. The number of ether oxygens (including phenoxy) is 1. The maximum absolute atomic E-state index is 13.4. The van der Waals surface area contributed by atoms with E-state index < -0.39 is 11.7 Å². The van der Waals surface area contributed by atoms with Gasteiger partial charge in [-0.25, -0.2) is 4.98 Å². The zero-order valence-corrected chi connectivity index (χ0v) is 19.2. The molecular formula is C26H27F3N4O2. The molecule has 0 aliphatic carbocycles. The Bertz CT molecular complexity index is 1250. The summed E-state index contributed by atoms with van der Waals surface area (Å²) in [6.07, 6.45) is -0.260. The number of aromatic nitrogens is 2. The average Bonchev–Trinajstić information content (AvgIpc) is 3.43. The van der Waals surface area contributed by atoms with Gasteiger partial charge in [-0.2, -0.15) is 13.2 Å². The fraction of sp³-hybridized carbons (Fsp3) is 0.462. The van der Waals surface area contributed by atoms with Crippen LogP contribution in [0.25, 0.3) is 10.9 Å². The van der Waals surface area contributed by atoms with E-state index in [9.17, 15) is 18.0 Å². The normalized spacial score (nSPS) is 22.9. The first-order valence-electron chi connectivity index (χ1n) is 12.1. The van der Waals surface area contributed by atoms with Crippen molar-refractivity contribution in [3.05, 3.63) is 59.9 Å². The van der Waals surface area contributed by atoms with E-state index in [2.05, 4.69) is 21.8 Å². The number of hydrogen-bond acceptors (Lipinski definition) is 4. The maximum Gasteiger partial charge on any atom is 0.416 e. The summed E-state index contributed by atoms with van der Waals surface area (Å²) in [5, 5.41) is 1.11. The topological polar surface area (TPSA) is 50.6 Å². The van der Waals surface area contributed by atoms with Gasteiger partial charge in [0.25, 0.3) is 5.91 Å². The van der Waals surface area contributed by atoms with Gasteiger partial charge in [0.2, 0.25) is 0 Å². The van der Waals surface area contributed by atoms with Gasteiger partial charge in [-0.3, -0.25) is 4.79 Å². The monoisotopic (exact) mass is 484 g/mol. The van der Waals surface area contributed by atoms with Crippen LogP contribution in [0, 0.1) is 17.8 Å². The molecule has 0 N–H and O–H groups in total. The molecule has 3 aromatic rings. The Morgan fingerprint density at radius 3 is 2.66 bits per heavy atom. The lowest BCUT2D eigenvalue weighted by Gasteiger charge is -2.34. The zero-order valence-electron chi connectivity index (χ0n) is 19.2. The number of piperidine rings is 1. The second-order valence-electron chi connectivity index (χ2n) is 10.0. The minimum absolute atomic E-state index is 0.0146. The van der Waals surface area contributed by atoms with Crippen molar-refractivity contribution in [3.63, 3.8) is 0 Å². The van der Waals surface area contributed by atoms with E-state index in [0.29, 0.717) is 49.4 Å². The summed E-state index contributed by atoms with van der Waals surface area (Å²) in [5.41, 5.74) is 1.05. The van der Waals surface area contributed by atoms with Crippen LogP contribution in [-0.4, -0.2) is 59.8 Å². The molecule has 1 aromatic carbocycles. The Kier molecular flexibility index (Phi) is 5.47. The molecule has 6 rings (SSSR count). The minimum Gasteiger partial charge on any atom is -0.381 e. The standard InChI is InChI=1S/C26H27F3N4O2/c27-26(28,29)22-3-6-30-24(10-22)33-12-20-5-8-32(13-21(20)14-33)25(34)19-2-1-18-4-7-31(23(18)9-19)11-17-15-35-16-17/h1-4,6-7,9-10,17,20-21H,5,8,11-16H2. The fourth-order valence-corrected chi connectivity index (χ4v) is 5.63. The Morgan fingerprint density at radius 2 is 1.89 bits per heavy atom. The van der Waals surface area contributed by atoms with Crippen molar-refractivity contribution in [3.8, 4) is 0 Å². The molecular weight excluding hydrogens is 457 g/mol. The highest BCUT2D eigenvalue weighted by atomic mass is 19.4. The van der Waals surface area contributed by atoms with Crippen molar-refractivity contribution >= 4 is 22.6 Å². The first-order chi connectivity index (χ1) is 16.8. The third-order valence-electron chi connectivity index (χ3n) is 7.67. The summed E-state index contributed by atoms with van der Waals surface area (Å²) < 4.78 is 46.9. The lowest BCUT2D eigenvalue weighted by Crippen LogP contribution is -2.43. The summed E-state index contributed by atoms with van der Waals surface area (Å²) in [7, 11) is 0. The van der Waals surface area contributed by atoms with Crippen LogP contribution in [0.5, 0.6) is 0 Å². The van der Waals surface area contributed by atoms with Gasteiger partial charge in [-0.15, -0.1) is 0 Å². The van der Waals surface area contributed by atoms with Crippen LogP contribution in [0.1, 0.15) is 22.3 Å². The molecule has 5 heterocycles. The number of rotatable bonds is 4. The third-order valence-corrected chi connectivity index (χ3v) is 7.67. The SMILES string of the molecule is O=C(c1ccc2ccn(CC3COC3)c2c1)N1CCC2CN(c3cc(C(F)(F)F)ccn3)CC2C1. The van der Waals surface area contributed by atoms with E-state index in [4.69, 9.17) is 4.74 Å². The van der Waals surface area contributed by atoms with E-state index >= 15 is 0 Å². The van der Waals surface area contributed by atoms with Gasteiger partial charge in [0.1, 0.15) is 5.82 Å². The van der Waals surface area contributed by atoms with Crippen molar-refractivity contribution in [2.24, 2.45) is 17.8 Å². The predicted molar refractivity (Wildman–Crippen MR) is 125 cm³/mol. The molecule has 0 bridgehead atoms. The molecule has 0 saturated carbocycles. The number of nitrogens with zero attached hydrogens (tertiary/aromatic N) is 4. The summed E-state index contributed by atoms with van der Waals surface area (Å²) in [4.78, 5) is 21.4. The van der Waals surface area contributed by atoms with Crippen molar-refractivity contribution in [2.75, 3.05) is 44.3 Å². The number of alkyl halides is 3. The molecule has 3 fully saturated rings. The molecule has 184 valence electrons. The lowest BCUT2D eigenvalue weighted by atomic mass is 9.88. The summed E-state index contributed by atoms with van der Waals surface area (Å²) in [5.74, 6) is 1.45. The van der Waals surface area contributed by atoms with Gasteiger partial charge >= 0.3 is 6.18 Å².